The quantitative estimate of drug-likeness (QED) is 0.0280. The van der Waals surface area contributed by atoms with Crippen molar-refractivity contribution in [3.63, 3.8) is 0 Å². The molecule has 3 amide bonds. The Morgan fingerprint density at radius 1 is 0.200 bits per heavy atom. The molecule has 12 aliphatic rings. The van der Waals surface area contributed by atoms with Gasteiger partial charge in [0.15, 0.2) is 75.5 Å². The lowest BCUT2D eigenvalue weighted by Gasteiger charge is -2.52. The number of aliphatic hydroxyl groups excluding tert-OH is 33. The van der Waals surface area contributed by atoms with Crippen molar-refractivity contribution < 1.29 is 292 Å². The van der Waals surface area contributed by atoms with E-state index in [1.54, 1.807) is 0 Å². The largest absolute Gasteiger partial charge is 0.394 e. The number of hydrogen-bond donors (Lipinski definition) is 36. The normalized spacial score (nSPS) is 51.6. The lowest BCUT2D eigenvalue weighted by molar-refractivity contribution is -0.406. The van der Waals surface area contributed by atoms with E-state index in [0.29, 0.717) is 0 Å². The summed E-state index contributed by atoms with van der Waals surface area (Å²) in [5.74, 6) is -3.17. The van der Waals surface area contributed by atoms with Crippen molar-refractivity contribution in [1.29, 1.82) is 0 Å². The number of aliphatic hydroxyl groups is 33. The highest BCUT2D eigenvalue weighted by Gasteiger charge is 2.64. The van der Waals surface area contributed by atoms with E-state index in [1.807, 2.05) is 0 Å². The smallest absolute Gasteiger partial charge is 0.217 e. The summed E-state index contributed by atoms with van der Waals surface area (Å²) < 4.78 is 137. The third-order valence-electron chi connectivity index (χ3n) is 26.2. The zero-order valence-electron chi connectivity index (χ0n) is 75.1. The molecular formula is C78H131N3O59. The number of nitrogens with one attached hydrogen (secondary N) is 3. The summed E-state index contributed by atoms with van der Waals surface area (Å²) in [6.07, 6.45) is -122. The molecule has 0 bridgehead atoms. The van der Waals surface area contributed by atoms with E-state index in [-0.39, 0.29) is 0 Å². The van der Waals surface area contributed by atoms with Crippen LogP contribution >= 0.6 is 0 Å². The molecule has 36 N–H and O–H groups in total. The first-order valence-electron chi connectivity index (χ1n) is 44.9. The molecule has 12 aliphatic heterocycles. The van der Waals surface area contributed by atoms with Gasteiger partial charge in [0.05, 0.1) is 78.3 Å². The molecule has 0 spiro atoms. The Morgan fingerprint density at radius 3 is 0.764 bits per heavy atom. The fraction of sp³-hybridized carbons (Fsp3) is 0.962. The molecular weight excluding hydrogens is 1920 g/mol. The van der Waals surface area contributed by atoms with Gasteiger partial charge in [-0.1, -0.05) is 0 Å². The van der Waals surface area contributed by atoms with Gasteiger partial charge >= 0.3 is 0 Å². The predicted molar refractivity (Wildman–Crippen MR) is 427 cm³/mol. The highest BCUT2D eigenvalue weighted by Crippen LogP contribution is 2.43. The number of carbonyl (C=O) groups excluding carboxylic acids is 3. The molecule has 812 valence electrons. The number of carbonyl (C=O) groups is 3. The van der Waals surface area contributed by atoms with Crippen LogP contribution in [0.15, 0.2) is 0 Å². The Labute approximate surface area is 792 Å². The Hall–Kier alpha value is -3.83. The van der Waals surface area contributed by atoms with Crippen LogP contribution in [0.25, 0.3) is 0 Å². The van der Waals surface area contributed by atoms with E-state index >= 15 is 0 Å². The summed E-state index contributed by atoms with van der Waals surface area (Å²) in [5, 5.41) is 377. The topological polar surface area (TPSA) is 967 Å². The van der Waals surface area contributed by atoms with E-state index in [0.717, 1.165) is 20.8 Å². The highest BCUT2D eigenvalue weighted by molar-refractivity contribution is 5.74. The second-order valence-corrected chi connectivity index (χ2v) is 35.8. The minimum atomic E-state index is -2.66. The van der Waals surface area contributed by atoms with Gasteiger partial charge in [0.25, 0.3) is 0 Å². The molecule has 0 saturated carbocycles. The molecule has 140 heavy (non-hydrogen) atoms. The average Bonchev–Trinajstić information content (AvgIpc) is 0.761. The van der Waals surface area contributed by atoms with Crippen molar-refractivity contribution in [2.45, 2.75) is 403 Å². The van der Waals surface area contributed by atoms with Gasteiger partial charge in [-0.15, -0.1) is 0 Å². The van der Waals surface area contributed by atoms with Gasteiger partial charge in [-0.3, -0.25) is 14.4 Å². The molecule has 0 unspecified atom stereocenters. The van der Waals surface area contributed by atoms with E-state index in [4.69, 9.17) is 109 Å². The van der Waals surface area contributed by atoms with Crippen LogP contribution in [0.2, 0.25) is 0 Å². The summed E-state index contributed by atoms with van der Waals surface area (Å²) in [6, 6.07) is -6.35. The van der Waals surface area contributed by atoms with Gasteiger partial charge in [-0.05, 0) is 13.8 Å². The molecule has 60 atom stereocenters. The van der Waals surface area contributed by atoms with Crippen molar-refractivity contribution in [3.05, 3.63) is 0 Å². The Balaban J connectivity index is 0.872. The molecule has 12 heterocycles. The van der Waals surface area contributed by atoms with Crippen LogP contribution in [0.3, 0.4) is 0 Å². The fourth-order valence-corrected chi connectivity index (χ4v) is 18.4. The van der Waals surface area contributed by atoms with E-state index < -0.39 is 452 Å². The molecule has 62 heteroatoms. The Bertz CT molecular complexity index is 3820. The van der Waals surface area contributed by atoms with Crippen molar-refractivity contribution >= 4 is 17.7 Å². The predicted octanol–water partition coefficient (Wildman–Crippen LogP) is -24.7. The van der Waals surface area contributed by atoms with E-state index in [2.05, 4.69) is 16.0 Å². The summed E-state index contributed by atoms with van der Waals surface area (Å²) in [6.45, 7) is -6.73. The molecule has 12 fully saturated rings. The van der Waals surface area contributed by atoms with Crippen LogP contribution in [0.1, 0.15) is 34.6 Å². The monoisotopic (exact) mass is 2050 g/mol. The molecule has 12 rings (SSSR count). The highest BCUT2D eigenvalue weighted by atomic mass is 16.8. The van der Waals surface area contributed by atoms with Crippen LogP contribution in [-0.4, -0.2) is 621 Å². The van der Waals surface area contributed by atoms with Gasteiger partial charge in [-0.2, -0.15) is 0 Å². The van der Waals surface area contributed by atoms with Crippen molar-refractivity contribution in [2.24, 2.45) is 0 Å². The van der Waals surface area contributed by atoms with Gasteiger partial charge in [0.1, 0.15) is 281 Å². The first-order valence-corrected chi connectivity index (χ1v) is 44.9. The lowest BCUT2D eigenvalue weighted by atomic mass is 9.93. The SMILES string of the molecule is CC(=O)N[C@H]1[C@H](O[C@H]2[C@@H](O)[C@@H](CO)O[C@@H](O[C@H]3[C@H](O)[C@@H](O)[C@H](O)O[C@@H]3CO)[C@@H]2O)O[C@H](CO)[C@@H](O[C@@H]2O[C@H](CO[C@@H]3O[C@H](CO)[C@@H](O[C@@H]4O[C@H](CO)[C@H](O)[C@H](O[C@H]5O[C@H](CO)[C@H](O)[C@H](O)[C@H]5O)[C@H]4O[C@@H]4O[C@@H](C)[C@@H](O)[C@@H](O)[C@@H]4O)[C@H](O)[C@H]3NC(C)=O)[C@H](O)[C@H](O[C@@H]3O[C@H](CO)[C@@H](O[C@@H]4O[C@H](CO)[C@H](O)[C@H](O[C@H]5O[C@H](CO)[C@H](O)[C@H](O)[C@H]5O)[C@H]4O[C@@H]4O[C@@H](C)[C@@H](O)[C@@H](O)[C@@H]4O)[C@H](O)[C@H]3NC(C)=O)[C@H]2O)[C@@H]1O. The molecule has 12 saturated heterocycles. The molecule has 0 aromatic carbocycles. The zero-order chi connectivity index (χ0) is 103. The van der Waals surface area contributed by atoms with Crippen LogP contribution in [0.4, 0.5) is 0 Å². The fourth-order valence-electron chi connectivity index (χ4n) is 18.4. The third kappa shape index (κ3) is 24.6. The molecule has 0 radical (unpaired) electrons. The first-order chi connectivity index (χ1) is 66.2. The molecule has 0 aromatic rings. The summed E-state index contributed by atoms with van der Waals surface area (Å²) in [4.78, 5) is 40.3. The number of hydrogen-bond acceptors (Lipinski definition) is 59. The summed E-state index contributed by atoms with van der Waals surface area (Å²) in [7, 11) is 0. The maximum Gasteiger partial charge on any atom is 0.217 e. The second-order valence-electron chi connectivity index (χ2n) is 35.8. The van der Waals surface area contributed by atoms with Crippen molar-refractivity contribution in [1.82, 2.24) is 16.0 Å². The summed E-state index contributed by atoms with van der Waals surface area (Å²) in [5.41, 5.74) is 0. The second kappa shape index (κ2) is 49.7. The minimum Gasteiger partial charge on any atom is -0.394 e. The van der Waals surface area contributed by atoms with Crippen LogP contribution < -0.4 is 16.0 Å². The first kappa shape index (κ1) is 115. The van der Waals surface area contributed by atoms with Crippen molar-refractivity contribution in [2.75, 3.05) is 66.1 Å². The number of amides is 3. The van der Waals surface area contributed by atoms with E-state index in [1.165, 1.54) is 13.8 Å². The van der Waals surface area contributed by atoms with Crippen LogP contribution in [0.5, 0.6) is 0 Å². The van der Waals surface area contributed by atoms with Gasteiger partial charge in [0.2, 0.25) is 17.7 Å². The average molecular weight is 2050 g/mol. The molecule has 62 nitrogen and oxygen atoms in total. The maximum absolute atomic E-state index is 13.6. The van der Waals surface area contributed by atoms with Gasteiger partial charge < -0.3 is 293 Å². The lowest BCUT2D eigenvalue weighted by Crippen LogP contribution is -2.71. The standard InChI is InChI=1S/C78H131N3O59/c1-16-34(94)45(105)51(111)71(119-16)139-65-63(137-73-53(113)47(107)36(96)21(6-82)122-73)39(99)24(9-85)125-77(65)133-58-27(12-88)127-68(31(42(58)102)79-18(3)91)118-15-30-41(101)62(56(116)76(130-30)131-57-28(13-89)128-69(32(43(57)103)80-19(4)92)135-61-38(98)23(8-84)124-75(55(61)115)132-60-26(11-87)121-67(117)50(110)49(60)109)136-70-33(81-20(5)93)44(104)59(29(14-90)129-70)134-78-66(140-72-52(112)46(106)35(95)17(2)120-72)64(40(100)25(10-86)126-78)138-74-54(114)48(108)37(97)22(7-83)123-74/h16-17,21-78,82-90,94-117H,6-15H2,1-5H3,(H,79,91)(H,80,92)(H,81,93)/t16-,17-,21+,22+,23+,24+,25+,26+,27+,28+,29+,30+,31+,32+,33+,34+,35+,36-,37-,38-,39-,40-,41-,42+,43+,44+,45+,46+,47-,48-,49+,50+,51-,52-,53+,54+,55+,56+,57+,58+,59+,60+,61-,62-,63-,64-,65+,66+,67+,68+,69-,70-,71-,72-,73+,74+,75-,76-,77-,78-/m0/s1. The van der Waals surface area contributed by atoms with Gasteiger partial charge in [-0.25, -0.2) is 0 Å². The van der Waals surface area contributed by atoms with Gasteiger partial charge in [0, 0.05) is 20.8 Å². The zero-order valence-corrected chi connectivity index (χ0v) is 75.1. The van der Waals surface area contributed by atoms with Crippen LogP contribution in [0, 0.1) is 0 Å². The van der Waals surface area contributed by atoms with Crippen molar-refractivity contribution in [3.8, 4) is 0 Å². The Morgan fingerprint density at radius 2 is 0.429 bits per heavy atom. The minimum absolute atomic E-state index is 0.859. The third-order valence-corrected chi connectivity index (χ3v) is 26.2. The Kier molecular flexibility index (Phi) is 40.8. The number of rotatable bonds is 35. The summed E-state index contributed by atoms with van der Waals surface area (Å²) >= 11 is 0. The molecule has 0 aromatic heterocycles. The van der Waals surface area contributed by atoms with E-state index in [9.17, 15) is 183 Å². The molecule has 0 aliphatic carbocycles. The maximum atomic E-state index is 13.6. The van der Waals surface area contributed by atoms with Crippen LogP contribution in [-0.2, 0) is 123 Å². The number of ether oxygens (including phenoxy) is 23.